The van der Waals surface area contributed by atoms with Gasteiger partial charge in [0.2, 0.25) is 0 Å². The molecule has 0 spiro atoms. The van der Waals surface area contributed by atoms with E-state index in [2.05, 4.69) is 10.3 Å². The van der Waals surface area contributed by atoms with E-state index in [0.717, 1.165) is 23.0 Å². The molecule has 11 nitrogen and oxygen atoms in total. The fourth-order valence-electron chi connectivity index (χ4n) is 3.79. The van der Waals surface area contributed by atoms with E-state index in [4.69, 9.17) is 9.47 Å². The first-order valence-electron chi connectivity index (χ1n) is 11.5. The summed E-state index contributed by atoms with van der Waals surface area (Å²) in [6.45, 7) is 3.57. The molecule has 0 radical (unpaired) electrons. The Morgan fingerprint density at radius 1 is 1.14 bits per heavy atom. The zero-order chi connectivity index (χ0) is 25.4. The highest BCUT2D eigenvalue weighted by atomic mass is 16.5. The maximum absolute atomic E-state index is 13.3. The van der Waals surface area contributed by atoms with Gasteiger partial charge in [-0.1, -0.05) is 43.7 Å². The lowest BCUT2D eigenvalue weighted by atomic mass is 10.2. The van der Waals surface area contributed by atoms with Crippen molar-refractivity contribution >= 4 is 23.0 Å². The molecular weight excluding hydrogens is 454 g/mol. The van der Waals surface area contributed by atoms with Gasteiger partial charge in [-0.25, -0.2) is 14.3 Å². The Morgan fingerprint density at radius 3 is 2.57 bits per heavy atom. The first-order valence-corrected chi connectivity index (χ1v) is 11.5. The van der Waals surface area contributed by atoms with Crippen LogP contribution in [0.2, 0.25) is 0 Å². The Bertz CT molecular complexity index is 1280. The van der Waals surface area contributed by atoms with Crippen LogP contribution < -0.4 is 16.6 Å². The number of fused-ring (bicyclic) bond motifs is 1. The van der Waals surface area contributed by atoms with E-state index < -0.39 is 36.3 Å². The number of methoxy groups -OCH3 is 1. The number of hydrogen-bond donors (Lipinski definition) is 1. The second-order valence-corrected chi connectivity index (χ2v) is 8.27. The number of benzene rings is 1. The molecule has 0 aliphatic rings. The van der Waals surface area contributed by atoms with Crippen molar-refractivity contribution in [3.05, 3.63) is 63.1 Å². The molecule has 0 fully saturated rings. The van der Waals surface area contributed by atoms with Crippen molar-refractivity contribution in [3.8, 4) is 0 Å². The predicted molar refractivity (Wildman–Crippen MR) is 129 cm³/mol. The van der Waals surface area contributed by atoms with Crippen LogP contribution in [0.3, 0.4) is 0 Å². The largest absolute Gasteiger partial charge is 0.454 e. The number of ether oxygens (including phenoxy) is 2. The summed E-state index contributed by atoms with van der Waals surface area (Å²) in [5.41, 5.74) is -0.138. The summed E-state index contributed by atoms with van der Waals surface area (Å²) in [4.78, 5) is 55.3. The van der Waals surface area contributed by atoms with Crippen LogP contribution in [0.25, 0.3) is 11.2 Å². The van der Waals surface area contributed by atoms with E-state index in [1.807, 2.05) is 44.2 Å². The molecule has 1 unspecified atom stereocenters. The summed E-state index contributed by atoms with van der Waals surface area (Å²) < 4.78 is 13.9. The number of esters is 1. The molecule has 188 valence electrons. The standard InChI is InChI=1S/C24H31N5O6/c1-4-8-17(2)26-19(30)15-35-20(31)14-29-23(32)21-22(25-16-27(21)11-12-34-3)28(24(29)33)13-18-9-6-5-7-10-18/h5-7,9-10,16-17H,4,8,11-15H2,1-3H3,(H,26,30). The number of nitrogens with zero attached hydrogens (tertiary/aromatic N) is 4. The Morgan fingerprint density at radius 2 is 1.89 bits per heavy atom. The molecule has 1 N–H and O–H groups in total. The zero-order valence-corrected chi connectivity index (χ0v) is 20.2. The van der Waals surface area contributed by atoms with Crippen molar-refractivity contribution in [1.82, 2.24) is 24.0 Å². The smallest absolute Gasteiger partial charge is 0.333 e. The monoisotopic (exact) mass is 485 g/mol. The van der Waals surface area contributed by atoms with Gasteiger partial charge in [-0.2, -0.15) is 0 Å². The van der Waals surface area contributed by atoms with Gasteiger partial charge in [0, 0.05) is 19.7 Å². The number of hydrogen-bond acceptors (Lipinski definition) is 7. The average Bonchev–Trinajstić information content (AvgIpc) is 3.26. The minimum Gasteiger partial charge on any atom is -0.454 e. The SMILES string of the molecule is CCCC(C)NC(=O)COC(=O)Cn1c(=O)c2c(ncn2CCOC)n(Cc2ccccc2)c1=O. The van der Waals surface area contributed by atoms with Crippen molar-refractivity contribution in [2.24, 2.45) is 0 Å². The number of imidazole rings is 1. The second kappa shape index (κ2) is 12.1. The normalized spacial score (nSPS) is 12.0. The van der Waals surface area contributed by atoms with Gasteiger partial charge in [-0.15, -0.1) is 0 Å². The molecule has 2 aromatic heterocycles. The number of aromatic nitrogens is 4. The van der Waals surface area contributed by atoms with Crippen LogP contribution in [-0.4, -0.2) is 56.9 Å². The van der Waals surface area contributed by atoms with E-state index in [9.17, 15) is 19.2 Å². The highest BCUT2D eigenvalue weighted by Gasteiger charge is 2.21. The van der Waals surface area contributed by atoms with Crippen molar-refractivity contribution in [2.75, 3.05) is 20.3 Å². The Hall–Kier alpha value is -3.73. The highest BCUT2D eigenvalue weighted by molar-refractivity contribution is 5.80. The van der Waals surface area contributed by atoms with Crippen LogP contribution >= 0.6 is 0 Å². The molecule has 0 aliphatic carbocycles. The molecule has 3 rings (SSSR count). The van der Waals surface area contributed by atoms with E-state index in [1.165, 1.54) is 18.0 Å². The van der Waals surface area contributed by atoms with E-state index >= 15 is 0 Å². The van der Waals surface area contributed by atoms with Gasteiger partial charge in [0.1, 0.15) is 6.54 Å². The number of rotatable bonds is 12. The molecule has 0 aliphatic heterocycles. The Kier molecular flexibility index (Phi) is 8.96. The van der Waals surface area contributed by atoms with Gasteiger partial charge < -0.3 is 19.4 Å². The van der Waals surface area contributed by atoms with Crippen LogP contribution in [-0.2, 0) is 38.7 Å². The van der Waals surface area contributed by atoms with E-state index in [-0.39, 0.29) is 23.8 Å². The van der Waals surface area contributed by atoms with Crippen LogP contribution in [0, 0.1) is 0 Å². The zero-order valence-electron chi connectivity index (χ0n) is 20.2. The molecule has 0 bridgehead atoms. The first-order chi connectivity index (χ1) is 16.8. The Labute approximate surface area is 202 Å². The Balaban J connectivity index is 1.90. The lowest BCUT2D eigenvalue weighted by Crippen LogP contribution is -2.43. The number of amides is 1. The van der Waals surface area contributed by atoms with Crippen molar-refractivity contribution in [1.29, 1.82) is 0 Å². The summed E-state index contributed by atoms with van der Waals surface area (Å²) in [6, 6.07) is 9.19. The van der Waals surface area contributed by atoms with Gasteiger partial charge in [0.25, 0.3) is 11.5 Å². The fraction of sp³-hybridized carbons (Fsp3) is 0.458. The fourth-order valence-corrected chi connectivity index (χ4v) is 3.79. The van der Waals surface area contributed by atoms with Crippen molar-refractivity contribution < 1.29 is 19.1 Å². The molecular formula is C24H31N5O6. The molecule has 1 atom stereocenters. The summed E-state index contributed by atoms with van der Waals surface area (Å²) >= 11 is 0. The number of nitrogens with one attached hydrogen (secondary N) is 1. The summed E-state index contributed by atoms with van der Waals surface area (Å²) in [5, 5.41) is 2.73. The van der Waals surface area contributed by atoms with Gasteiger partial charge >= 0.3 is 11.7 Å². The third kappa shape index (κ3) is 6.44. The van der Waals surface area contributed by atoms with Gasteiger partial charge in [-0.05, 0) is 18.9 Å². The van der Waals surface area contributed by atoms with E-state index in [0.29, 0.717) is 13.2 Å². The van der Waals surface area contributed by atoms with Crippen molar-refractivity contribution in [2.45, 2.75) is 52.4 Å². The average molecular weight is 486 g/mol. The summed E-state index contributed by atoms with van der Waals surface area (Å²) in [5.74, 6) is -1.31. The highest BCUT2D eigenvalue weighted by Crippen LogP contribution is 2.10. The third-order valence-electron chi connectivity index (χ3n) is 5.48. The molecule has 0 saturated carbocycles. The van der Waals surface area contributed by atoms with Crippen LogP contribution in [0.5, 0.6) is 0 Å². The van der Waals surface area contributed by atoms with Crippen LogP contribution in [0.1, 0.15) is 32.3 Å². The quantitative estimate of drug-likeness (QED) is 0.378. The number of carbonyl (C=O) groups excluding carboxylic acids is 2. The maximum atomic E-state index is 13.3. The second-order valence-electron chi connectivity index (χ2n) is 8.27. The van der Waals surface area contributed by atoms with Gasteiger partial charge in [0.15, 0.2) is 17.8 Å². The molecule has 0 saturated heterocycles. The summed E-state index contributed by atoms with van der Waals surface area (Å²) in [6.07, 6.45) is 3.17. The summed E-state index contributed by atoms with van der Waals surface area (Å²) in [7, 11) is 1.54. The van der Waals surface area contributed by atoms with Gasteiger partial charge in [0.05, 0.1) is 19.5 Å². The van der Waals surface area contributed by atoms with E-state index in [1.54, 1.807) is 4.57 Å². The first kappa shape index (κ1) is 25.9. The molecule has 1 aromatic carbocycles. The molecule has 1 amide bonds. The maximum Gasteiger partial charge on any atom is 0.333 e. The molecule has 11 heteroatoms. The minimum absolute atomic E-state index is 0.0474. The molecule has 2 heterocycles. The number of carbonyl (C=O) groups is 2. The van der Waals surface area contributed by atoms with Crippen molar-refractivity contribution in [3.63, 3.8) is 0 Å². The lowest BCUT2D eigenvalue weighted by Gasteiger charge is -2.14. The topological polar surface area (TPSA) is 126 Å². The lowest BCUT2D eigenvalue weighted by molar-refractivity contribution is -0.149. The molecule has 3 aromatic rings. The minimum atomic E-state index is -0.865. The molecule has 35 heavy (non-hydrogen) atoms. The van der Waals surface area contributed by atoms with Crippen LogP contribution in [0.4, 0.5) is 0 Å². The van der Waals surface area contributed by atoms with Gasteiger partial charge in [-0.3, -0.25) is 19.0 Å². The third-order valence-corrected chi connectivity index (χ3v) is 5.48. The van der Waals surface area contributed by atoms with Crippen LogP contribution in [0.15, 0.2) is 46.2 Å². The predicted octanol–water partition coefficient (Wildman–Crippen LogP) is 0.902.